The first-order valence-electron chi connectivity index (χ1n) is 6.19. The Balaban J connectivity index is 2.06. The molecule has 1 aromatic carbocycles. The molecule has 0 fully saturated rings. The van der Waals surface area contributed by atoms with Crippen molar-refractivity contribution in [3.05, 3.63) is 63.8 Å². The lowest BCUT2D eigenvalue weighted by molar-refractivity contribution is -0.389. The lowest BCUT2D eigenvalue weighted by Crippen LogP contribution is -2.07. The quantitative estimate of drug-likeness (QED) is 0.623. The molecular formula is C14H13N3O4. The van der Waals surface area contributed by atoms with Crippen LogP contribution in [-0.4, -0.2) is 21.0 Å². The first kappa shape index (κ1) is 14.4. The topological polar surface area (TPSA) is 105 Å². The molecule has 0 saturated carbocycles. The zero-order valence-electron chi connectivity index (χ0n) is 11.0. The molecule has 0 radical (unpaired) electrons. The number of aromatic nitrogens is 1. The van der Waals surface area contributed by atoms with Crippen molar-refractivity contribution < 1.29 is 14.8 Å². The van der Waals surface area contributed by atoms with Crippen LogP contribution in [0.3, 0.4) is 0 Å². The van der Waals surface area contributed by atoms with Gasteiger partial charge < -0.3 is 20.5 Å². The predicted molar refractivity (Wildman–Crippen MR) is 76.0 cm³/mol. The van der Waals surface area contributed by atoms with E-state index in [1.165, 1.54) is 12.3 Å². The summed E-state index contributed by atoms with van der Waals surface area (Å²) in [6.45, 7) is 0.420. The molecule has 21 heavy (non-hydrogen) atoms. The molecule has 108 valence electrons. The Labute approximate surface area is 120 Å². The van der Waals surface area contributed by atoms with Crippen LogP contribution in [0, 0.1) is 10.1 Å². The molecule has 0 aliphatic carbocycles. The van der Waals surface area contributed by atoms with Crippen molar-refractivity contribution in [2.75, 3.05) is 5.32 Å². The van der Waals surface area contributed by atoms with Gasteiger partial charge in [-0.25, -0.2) is 0 Å². The Bertz CT molecular complexity index is 656. The number of hydrogen-bond acceptors (Lipinski definition) is 5. The van der Waals surface area contributed by atoms with E-state index < -0.39 is 10.9 Å². The average molecular weight is 287 g/mol. The molecular weight excluding hydrogens is 274 g/mol. The summed E-state index contributed by atoms with van der Waals surface area (Å²) in [4.78, 5) is 24.5. The van der Waals surface area contributed by atoms with E-state index in [0.717, 1.165) is 11.1 Å². The normalized spacial score (nSPS) is 10.1. The number of benzene rings is 1. The molecule has 0 aliphatic heterocycles. The van der Waals surface area contributed by atoms with Crippen LogP contribution in [0.2, 0.25) is 0 Å². The SMILES string of the molecule is O=C(O)Cc1ccccc1CNc1ccc([N+](=O)[O-])nc1. The zero-order valence-corrected chi connectivity index (χ0v) is 11.0. The molecule has 0 bridgehead atoms. The van der Waals surface area contributed by atoms with Gasteiger partial charge in [0, 0.05) is 12.6 Å². The van der Waals surface area contributed by atoms with Gasteiger partial charge in [0.25, 0.3) is 0 Å². The molecule has 0 unspecified atom stereocenters. The summed E-state index contributed by atoms with van der Waals surface area (Å²) < 4.78 is 0. The molecule has 7 nitrogen and oxygen atoms in total. The number of anilines is 1. The number of aliphatic carboxylic acids is 1. The summed E-state index contributed by atoms with van der Waals surface area (Å²) in [7, 11) is 0. The molecule has 2 aromatic rings. The van der Waals surface area contributed by atoms with Gasteiger partial charge >= 0.3 is 11.8 Å². The van der Waals surface area contributed by atoms with Gasteiger partial charge in [0.1, 0.15) is 0 Å². The largest absolute Gasteiger partial charge is 0.481 e. The van der Waals surface area contributed by atoms with Gasteiger partial charge in [0.15, 0.2) is 6.20 Å². The van der Waals surface area contributed by atoms with Gasteiger partial charge in [-0.1, -0.05) is 24.3 Å². The number of rotatable bonds is 6. The van der Waals surface area contributed by atoms with Crippen LogP contribution in [0.1, 0.15) is 11.1 Å². The number of carboxylic acid groups (broad SMARTS) is 1. The number of nitro groups is 1. The minimum absolute atomic E-state index is 0.0453. The van der Waals surface area contributed by atoms with E-state index in [9.17, 15) is 14.9 Å². The fourth-order valence-corrected chi connectivity index (χ4v) is 1.86. The van der Waals surface area contributed by atoms with Gasteiger partial charge in [-0.3, -0.25) is 4.79 Å². The van der Waals surface area contributed by atoms with Gasteiger partial charge in [-0.2, -0.15) is 0 Å². The summed E-state index contributed by atoms with van der Waals surface area (Å²) in [6.07, 6.45) is 1.33. The molecule has 2 N–H and O–H groups in total. The minimum Gasteiger partial charge on any atom is -0.481 e. The fraction of sp³-hybridized carbons (Fsp3) is 0.143. The van der Waals surface area contributed by atoms with E-state index in [1.54, 1.807) is 18.2 Å². The van der Waals surface area contributed by atoms with Crippen LogP contribution < -0.4 is 5.32 Å². The summed E-state index contributed by atoms with van der Waals surface area (Å²) >= 11 is 0. The van der Waals surface area contributed by atoms with Gasteiger partial charge in [-0.15, -0.1) is 0 Å². The van der Waals surface area contributed by atoms with Crippen LogP contribution >= 0.6 is 0 Å². The number of carboxylic acids is 1. The predicted octanol–water partition coefficient (Wildman–Crippen LogP) is 2.23. The van der Waals surface area contributed by atoms with Crippen molar-refractivity contribution in [1.29, 1.82) is 0 Å². The summed E-state index contributed by atoms with van der Waals surface area (Å²) in [5, 5.41) is 22.4. The Morgan fingerprint density at radius 3 is 2.52 bits per heavy atom. The maximum atomic E-state index is 10.8. The third-order valence-corrected chi connectivity index (χ3v) is 2.88. The standard InChI is InChI=1S/C14H13N3O4/c18-14(19)7-10-3-1-2-4-11(10)8-15-12-5-6-13(16-9-12)17(20)21/h1-6,9,15H,7-8H2,(H,18,19). The van der Waals surface area contributed by atoms with Crippen molar-refractivity contribution in [3.63, 3.8) is 0 Å². The third-order valence-electron chi connectivity index (χ3n) is 2.88. The van der Waals surface area contributed by atoms with E-state index >= 15 is 0 Å². The fourth-order valence-electron chi connectivity index (χ4n) is 1.86. The van der Waals surface area contributed by atoms with Gasteiger partial charge in [0.2, 0.25) is 0 Å². The number of carbonyl (C=O) groups is 1. The lowest BCUT2D eigenvalue weighted by atomic mass is 10.0. The smallest absolute Gasteiger partial charge is 0.363 e. The Morgan fingerprint density at radius 1 is 1.24 bits per heavy atom. The number of nitrogens with one attached hydrogen (secondary N) is 1. The Kier molecular flexibility index (Phi) is 4.45. The van der Waals surface area contributed by atoms with E-state index in [-0.39, 0.29) is 12.2 Å². The number of hydrogen-bond donors (Lipinski definition) is 2. The summed E-state index contributed by atoms with van der Waals surface area (Å²) in [6, 6.07) is 10.1. The molecule has 0 atom stereocenters. The monoisotopic (exact) mass is 287 g/mol. The second-order valence-electron chi connectivity index (χ2n) is 4.35. The highest BCUT2D eigenvalue weighted by atomic mass is 16.6. The second-order valence-corrected chi connectivity index (χ2v) is 4.35. The van der Waals surface area contributed by atoms with E-state index in [1.807, 2.05) is 12.1 Å². The molecule has 0 saturated heterocycles. The van der Waals surface area contributed by atoms with Crippen molar-refractivity contribution in [3.8, 4) is 0 Å². The van der Waals surface area contributed by atoms with E-state index in [4.69, 9.17) is 5.11 Å². The van der Waals surface area contributed by atoms with Gasteiger partial charge in [0.05, 0.1) is 12.1 Å². The molecule has 0 aliphatic rings. The van der Waals surface area contributed by atoms with Crippen LogP contribution in [-0.2, 0) is 17.8 Å². The minimum atomic E-state index is -0.889. The molecule has 1 heterocycles. The summed E-state index contributed by atoms with van der Waals surface area (Å²) in [5.74, 6) is -1.11. The Hall–Kier alpha value is -2.96. The lowest BCUT2D eigenvalue weighted by Gasteiger charge is -2.09. The maximum absolute atomic E-state index is 10.8. The molecule has 1 aromatic heterocycles. The van der Waals surface area contributed by atoms with Gasteiger partial charge in [-0.05, 0) is 27.1 Å². The van der Waals surface area contributed by atoms with E-state index in [2.05, 4.69) is 10.3 Å². The first-order valence-corrected chi connectivity index (χ1v) is 6.19. The second kappa shape index (κ2) is 6.47. The van der Waals surface area contributed by atoms with E-state index in [0.29, 0.717) is 12.2 Å². The average Bonchev–Trinajstić information content (AvgIpc) is 2.46. The van der Waals surface area contributed by atoms with Crippen LogP contribution in [0.5, 0.6) is 0 Å². The van der Waals surface area contributed by atoms with Crippen molar-refractivity contribution in [1.82, 2.24) is 4.98 Å². The molecule has 7 heteroatoms. The third kappa shape index (κ3) is 4.00. The van der Waals surface area contributed by atoms with Crippen molar-refractivity contribution >= 4 is 17.5 Å². The van der Waals surface area contributed by atoms with Crippen LogP contribution in [0.4, 0.5) is 11.5 Å². The van der Waals surface area contributed by atoms with Crippen molar-refractivity contribution in [2.24, 2.45) is 0 Å². The molecule has 0 spiro atoms. The first-order chi connectivity index (χ1) is 10.1. The number of pyridine rings is 1. The maximum Gasteiger partial charge on any atom is 0.363 e. The highest BCUT2D eigenvalue weighted by Crippen LogP contribution is 2.15. The summed E-state index contributed by atoms with van der Waals surface area (Å²) in [5.41, 5.74) is 2.22. The van der Waals surface area contributed by atoms with Crippen LogP contribution in [0.15, 0.2) is 42.6 Å². The molecule has 0 amide bonds. The highest BCUT2D eigenvalue weighted by molar-refractivity contribution is 5.70. The van der Waals surface area contributed by atoms with Crippen molar-refractivity contribution in [2.45, 2.75) is 13.0 Å². The zero-order chi connectivity index (χ0) is 15.2. The molecule has 2 rings (SSSR count). The highest BCUT2D eigenvalue weighted by Gasteiger charge is 2.08. The van der Waals surface area contributed by atoms with Crippen LogP contribution in [0.25, 0.3) is 0 Å². The number of nitrogens with zero attached hydrogens (tertiary/aromatic N) is 2. The Morgan fingerprint density at radius 2 is 1.95 bits per heavy atom.